The van der Waals surface area contributed by atoms with Crippen LogP contribution in [-0.2, 0) is 0 Å². The van der Waals surface area contributed by atoms with Crippen LogP contribution in [0, 0.1) is 6.92 Å². The molecule has 0 nitrogen and oxygen atoms in total. The second-order valence-corrected chi connectivity index (χ2v) is 4.49. The van der Waals surface area contributed by atoms with Gasteiger partial charge in [0.25, 0.3) is 0 Å². The molecule has 0 fully saturated rings. The zero-order valence-electron chi connectivity index (χ0n) is 10.5. The van der Waals surface area contributed by atoms with E-state index in [-0.39, 0.29) is 0 Å². The Morgan fingerprint density at radius 1 is 0.737 bits per heavy atom. The minimum Gasteiger partial charge on any atom is -0.445 e. The Balaban J connectivity index is 2.13. The van der Waals surface area contributed by atoms with E-state index in [0.717, 1.165) is 23.3 Å². The van der Waals surface area contributed by atoms with Crippen molar-refractivity contribution in [2.45, 2.75) is 6.92 Å². The Bertz CT molecular complexity index is 566. The average Bonchev–Trinajstić information content (AvgIpc) is 2.37. The molecule has 2 rings (SSSR count). The van der Waals surface area contributed by atoms with Crippen molar-refractivity contribution in [3.63, 3.8) is 0 Å². The van der Waals surface area contributed by atoms with Crippen molar-refractivity contribution in [3.8, 4) is 0 Å². The lowest BCUT2D eigenvalue weighted by molar-refractivity contribution is 0.501. The molecule has 0 spiro atoms. The van der Waals surface area contributed by atoms with Crippen LogP contribution in [0.1, 0.15) is 16.7 Å². The molecule has 0 aliphatic heterocycles. The fourth-order valence-corrected chi connectivity index (χ4v) is 1.70. The van der Waals surface area contributed by atoms with E-state index < -0.39 is 12.4 Å². The summed E-state index contributed by atoms with van der Waals surface area (Å²) in [7, 11) is 0. The van der Waals surface area contributed by atoms with Crippen molar-refractivity contribution < 1.29 is 12.9 Å². The van der Waals surface area contributed by atoms with Gasteiger partial charge in [-0.05, 0) is 18.1 Å². The molecule has 0 amide bonds. The molecule has 4 heteroatoms. The van der Waals surface area contributed by atoms with Gasteiger partial charge in [0, 0.05) is 0 Å². The molecule has 19 heavy (non-hydrogen) atoms. The third-order valence-electron chi connectivity index (χ3n) is 2.86. The zero-order chi connectivity index (χ0) is 13.9. The standard InChI is InChI=1S/C15H13BF3/c1-12-2-4-13(5-3-12)6-7-14-8-10-15(11-9-14)16(17,18)19/h2-11H,1H3/q-1/b7-6+. The van der Waals surface area contributed by atoms with Crippen LogP contribution in [0.25, 0.3) is 12.2 Å². The van der Waals surface area contributed by atoms with Gasteiger partial charge in [-0.1, -0.05) is 66.2 Å². The molecule has 2 aromatic rings. The second kappa shape index (κ2) is 5.35. The maximum Gasteiger partial charge on any atom is 0.509 e. The van der Waals surface area contributed by atoms with E-state index >= 15 is 0 Å². The number of halogens is 3. The molecule has 0 aliphatic carbocycles. The Morgan fingerprint density at radius 2 is 1.16 bits per heavy atom. The molecule has 0 bridgehead atoms. The van der Waals surface area contributed by atoms with Crippen LogP contribution < -0.4 is 5.46 Å². The first-order chi connectivity index (χ1) is 8.95. The molecule has 0 saturated carbocycles. The van der Waals surface area contributed by atoms with E-state index in [1.165, 1.54) is 17.7 Å². The summed E-state index contributed by atoms with van der Waals surface area (Å²) in [4.78, 5) is 0. The lowest BCUT2D eigenvalue weighted by atomic mass is 9.80. The van der Waals surface area contributed by atoms with Crippen molar-refractivity contribution in [1.82, 2.24) is 0 Å². The molecule has 0 heterocycles. The van der Waals surface area contributed by atoms with E-state index in [1.807, 2.05) is 37.3 Å². The molecule has 0 aliphatic rings. The average molecular weight is 261 g/mol. The third-order valence-corrected chi connectivity index (χ3v) is 2.86. The summed E-state index contributed by atoms with van der Waals surface area (Å²) >= 11 is 0. The van der Waals surface area contributed by atoms with Crippen LogP contribution in [0.4, 0.5) is 12.9 Å². The first-order valence-corrected chi connectivity index (χ1v) is 6.00. The van der Waals surface area contributed by atoms with E-state index in [1.54, 1.807) is 6.08 Å². The maximum absolute atomic E-state index is 12.5. The quantitative estimate of drug-likeness (QED) is 0.573. The molecule has 2 aromatic carbocycles. The largest absolute Gasteiger partial charge is 0.509 e. The maximum atomic E-state index is 12.5. The highest BCUT2D eigenvalue weighted by molar-refractivity contribution is 6.73. The van der Waals surface area contributed by atoms with Gasteiger partial charge >= 0.3 is 6.98 Å². The number of rotatable bonds is 3. The smallest absolute Gasteiger partial charge is 0.445 e. The van der Waals surface area contributed by atoms with Crippen LogP contribution >= 0.6 is 0 Å². The first kappa shape index (κ1) is 13.5. The van der Waals surface area contributed by atoms with Crippen molar-refractivity contribution in [2.75, 3.05) is 0 Å². The van der Waals surface area contributed by atoms with Crippen molar-refractivity contribution in [2.24, 2.45) is 0 Å². The van der Waals surface area contributed by atoms with E-state index in [4.69, 9.17) is 0 Å². The van der Waals surface area contributed by atoms with Crippen molar-refractivity contribution >= 4 is 24.6 Å². The lowest BCUT2D eigenvalue weighted by Crippen LogP contribution is -2.33. The normalized spacial score (nSPS) is 12.0. The minimum atomic E-state index is -4.91. The summed E-state index contributed by atoms with van der Waals surface area (Å²) in [5.74, 6) is 0. The number of hydrogen-bond donors (Lipinski definition) is 0. The Kier molecular flexibility index (Phi) is 3.79. The van der Waals surface area contributed by atoms with Gasteiger partial charge in [0.2, 0.25) is 0 Å². The van der Waals surface area contributed by atoms with Crippen molar-refractivity contribution in [3.05, 3.63) is 65.2 Å². The minimum absolute atomic E-state index is 0.563. The highest BCUT2D eigenvalue weighted by Crippen LogP contribution is 2.12. The molecule has 0 unspecified atom stereocenters. The fraction of sp³-hybridized carbons (Fsp3) is 0.0667. The monoisotopic (exact) mass is 261 g/mol. The molecule has 0 aromatic heterocycles. The Morgan fingerprint density at radius 3 is 1.58 bits per heavy atom. The molecule has 0 N–H and O–H groups in total. The topological polar surface area (TPSA) is 0 Å². The van der Waals surface area contributed by atoms with Crippen LogP contribution in [0.2, 0.25) is 0 Å². The molecular weight excluding hydrogens is 248 g/mol. The van der Waals surface area contributed by atoms with Gasteiger partial charge in [-0.25, -0.2) is 0 Å². The number of benzene rings is 2. The summed E-state index contributed by atoms with van der Waals surface area (Å²) in [5, 5.41) is 0. The summed E-state index contributed by atoms with van der Waals surface area (Å²) < 4.78 is 37.4. The second-order valence-electron chi connectivity index (χ2n) is 4.49. The lowest BCUT2D eigenvalue weighted by Gasteiger charge is -2.14. The van der Waals surface area contributed by atoms with Gasteiger partial charge in [-0.3, -0.25) is 0 Å². The van der Waals surface area contributed by atoms with Crippen LogP contribution in [0.5, 0.6) is 0 Å². The molecular formula is C15H13BF3-. The van der Waals surface area contributed by atoms with Gasteiger partial charge in [-0.15, -0.1) is 5.46 Å². The van der Waals surface area contributed by atoms with E-state index in [0.29, 0.717) is 0 Å². The molecule has 98 valence electrons. The molecule has 0 radical (unpaired) electrons. The first-order valence-electron chi connectivity index (χ1n) is 6.00. The van der Waals surface area contributed by atoms with Gasteiger partial charge < -0.3 is 12.9 Å². The van der Waals surface area contributed by atoms with Crippen molar-refractivity contribution in [1.29, 1.82) is 0 Å². The number of aryl methyl sites for hydroxylation is 1. The summed E-state index contributed by atoms with van der Waals surface area (Å²) in [6, 6.07) is 13.1. The third kappa shape index (κ3) is 3.75. The van der Waals surface area contributed by atoms with Crippen LogP contribution in [-0.4, -0.2) is 6.98 Å². The SMILES string of the molecule is Cc1ccc(/C=C/c2ccc([B-](F)(F)F)cc2)cc1. The van der Waals surface area contributed by atoms with Gasteiger partial charge in [0.05, 0.1) is 0 Å². The predicted molar refractivity (Wildman–Crippen MR) is 75.3 cm³/mol. The summed E-state index contributed by atoms with van der Waals surface area (Å²) in [6.07, 6.45) is 3.69. The highest BCUT2D eigenvalue weighted by Gasteiger charge is 2.24. The Hall–Kier alpha value is -1.97. The molecule has 0 saturated heterocycles. The van der Waals surface area contributed by atoms with Gasteiger partial charge in [0.15, 0.2) is 0 Å². The zero-order valence-corrected chi connectivity index (χ0v) is 10.5. The highest BCUT2D eigenvalue weighted by atomic mass is 19.4. The van der Waals surface area contributed by atoms with Gasteiger partial charge in [-0.2, -0.15) is 0 Å². The van der Waals surface area contributed by atoms with Crippen LogP contribution in [0.15, 0.2) is 48.5 Å². The van der Waals surface area contributed by atoms with E-state index in [2.05, 4.69) is 0 Å². The predicted octanol–water partition coefficient (Wildman–Crippen LogP) is 4.22. The van der Waals surface area contributed by atoms with Gasteiger partial charge in [0.1, 0.15) is 0 Å². The fourth-order valence-electron chi connectivity index (χ4n) is 1.70. The summed E-state index contributed by atoms with van der Waals surface area (Å²) in [5.41, 5.74) is 2.39. The molecule has 0 atom stereocenters. The Labute approximate surface area is 110 Å². The van der Waals surface area contributed by atoms with E-state index in [9.17, 15) is 12.9 Å². The summed E-state index contributed by atoms with van der Waals surface area (Å²) in [6.45, 7) is -2.90. The number of hydrogen-bond acceptors (Lipinski definition) is 0. The van der Waals surface area contributed by atoms with Crippen LogP contribution in [0.3, 0.4) is 0 Å².